The number of nitrogens with one attached hydrogen (secondary N) is 1. The summed E-state index contributed by atoms with van der Waals surface area (Å²) in [6, 6.07) is 15.7. The lowest BCUT2D eigenvalue weighted by Crippen LogP contribution is -2.28. The third-order valence-corrected chi connectivity index (χ3v) is 6.03. The van der Waals surface area contributed by atoms with Gasteiger partial charge in [-0.1, -0.05) is 30.3 Å². The van der Waals surface area contributed by atoms with Gasteiger partial charge < -0.3 is 5.32 Å². The van der Waals surface area contributed by atoms with Gasteiger partial charge in [0.2, 0.25) is 10.0 Å². The van der Waals surface area contributed by atoms with Gasteiger partial charge in [0.05, 0.1) is 4.90 Å². The lowest BCUT2D eigenvalue weighted by atomic mass is 10.2. The van der Waals surface area contributed by atoms with Gasteiger partial charge in [0.15, 0.2) is 0 Å². The van der Waals surface area contributed by atoms with Crippen molar-refractivity contribution in [2.45, 2.75) is 24.3 Å². The third kappa shape index (κ3) is 3.66. The quantitative estimate of drug-likeness (QED) is 0.906. The van der Waals surface area contributed by atoms with Crippen molar-refractivity contribution >= 4 is 15.9 Å². The average Bonchev–Trinajstić information content (AvgIpc) is 3.16. The van der Waals surface area contributed by atoms with Crippen LogP contribution in [0.1, 0.15) is 28.8 Å². The van der Waals surface area contributed by atoms with E-state index >= 15 is 0 Å². The molecule has 1 aliphatic heterocycles. The van der Waals surface area contributed by atoms with Crippen LogP contribution in [0.15, 0.2) is 59.5 Å². The van der Waals surface area contributed by atoms with Crippen molar-refractivity contribution in [1.29, 1.82) is 0 Å². The molecule has 3 rings (SSSR count). The van der Waals surface area contributed by atoms with Crippen LogP contribution in [0.25, 0.3) is 0 Å². The molecular weight excluding hydrogens is 324 g/mol. The van der Waals surface area contributed by atoms with Crippen molar-refractivity contribution in [3.63, 3.8) is 0 Å². The zero-order chi connectivity index (χ0) is 17.0. The van der Waals surface area contributed by atoms with E-state index in [1.807, 2.05) is 18.2 Å². The van der Waals surface area contributed by atoms with Crippen LogP contribution in [-0.2, 0) is 16.6 Å². The molecule has 0 radical (unpaired) electrons. The molecule has 1 heterocycles. The predicted octanol–water partition coefficient (Wildman–Crippen LogP) is 2.40. The minimum Gasteiger partial charge on any atom is -0.348 e. The van der Waals surface area contributed by atoms with E-state index in [2.05, 4.69) is 5.32 Å². The maximum atomic E-state index is 12.5. The minimum absolute atomic E-state index is 0.149. The summed E-state index contributed by atoms with van der Waals surface area (Å²) in [5, 5.41) is 2.83. The largest absolute Gasteiger partial charge is 0.348 e. The Hall–Kier alpha value is -2.18. The summed E-state index contributed by atoms with van der Waals surface area (Å²) >= 11 is 0. The van der Waals surface area contributed by atoms with Gasteiger partial charge in [-0.05, 0) is 42.7 Å². The number of nitrogens with zero attached hydrogens (tertiary/aromatic N) is 1. The minimum atomic E-state index is -3.38. The summed E-state index contributed by atoms with van der Waals surface area (Å²) in [4.78, 5) is 12.3. The van der Waals surface area contributed by atoms with Crippen molar-refractivity contribution in [3.8, 4) is 0 Å². The van der Waals surface area contributed by atoms with E-state index < -0.39 is 10.0 Å². The SMILES string of the molecule is O=C(NCc1ccc(S(=O)(=O)N2CCCC2)cc1)c1ccccc1. The average molecular weight is 344 g/mol. The van der Waals surface area contributed by atoms with Gasteiger partial charge in [0.25, 0.3) is 5.91 Å². The Morgan fingerprint density at radius 3 is 2.21 bits per heavy atom. The molecule has 6 heteroatoms. The molecular formula is C18H20N2O3S. The molecule has 2 aromatic carbocycles. The Kier molecular flexibility index (Phi) is 4.97. The maximum Gasteiger partial charge on any atom is 0.251 e. The third-order valence-electron chi connectivity index (χ3n) is 4.12. The van der Waals surface area contributed by atoms with E-state index in [0.717, 1.165) is 18.4 Å². The summed E-state index contributed by atoms with van der Waals surface area (Å²) in [6.07, 6.45) is 1.84. The van der Waals surface area contributed by atoms with E-state index in [4.69, 9.17) is 0 Å². The van der Waals surface area contributed by atoms with Crippen LogP contribution in [0.2, 0.25) is 0 Å². The van der Waals surface area contributed by atoms with Gasteiger partial charge in [-0.25, -0.2) is 8.42 Å². The van der Waals surface area contributed by atoms with Gasteiger partial charge in [-0.2, -0.15) is 4.31 Å². The molecule has 0 saturated carbocycles. The van der Waals surface area contributed by atoms with Crippen LogP contribution >= 0.6 is 0 Å². The van der Waals surface area contributed by atoms with E-state index in [9.17, 15) is 13.2 Å². The molecule has 2 aromatic rings. The van der Waals surface area contributed by atoms with Crippen LogP contribution in [0.5, 0.6) is 0 Å². The Morgan fingerprint density at radius 1 is 0.958 bits per heavy atom. The fourth-order valence-electron chi connectivity index (χ4n) is 2.73. The Labute approximate surface area is 142 Å². The summed E-state index contributed by atoms with van der Waals surface area (Å²) in [7, 11) is -3.38. The predicted molar refractivity (Wildman–Crippen MR) is 92.0 cm³/mol. The van der Waals surface area contributed by atoms with Crippen molar-refractivity contribution < 1.29 is 13.2 Å². The molecule has 1 amide bonds. The fourth-order valence-corrected chi connectivity index (χ4v) is 4.25. The first-order valence-electron chi connectivity index (χ1n) is 8.00. The van der Waals surface area contributed by atoms with Crippen LogP contribution < -0.4 is 5.32 Å². The van der Waals surface area contributed by atoms with Gasteiger partial charge in [-0.15, -0.1) is 0 Å². The molecule has 1 aliphatic rings. The van der Waals surface area contributed by atoms with Gasteiger partial charge >= 0.3 is 0 Å². The fraction of sp³-hybridized carbons (Fsp3) is 0.278. The molecule has 24 heavy (non-hydrogen) atoms. The smallest absolute Gasteiger partial charge is 0.251 e. The number of rotatable bonds is 5. The number of carbonyl (C=O) groups excluding carboxylic acids is 1. The first-order chi connectivity index (χ1) is 11.6. The molecule has 1 fully saturated rings. The highest BCUT2D eigenvalue weighted by Crippen LogP contribution is 2.21. The highest BCUT2D eigenvalue weighted by atomic mass is 32.2. The standard InChI is InChI=1S/C18H20N2O3S/c21-18(16-6-2-1-3-7-16)19-14-15-8-10-17(11-9-15)24(22,23)20-12-4-5-13-20/h1-3,6-11H,4-5,12-14H2,(H,19,21). The maximum absolute atomic E-state index is 12.5. The lowest BCUT2D eigenvalue weighted by Gasteiger charge is -2.15. The van der Waals surface area contributed by atoms with Gasteiger partial charge in [0, 0.05) is 25.2 Å². The molecule has 0 atom stereocenters. The number of hydrogen-bond acceptors (Lipinski definition) is 3. The number of amides is 1. The lowest BCUT2D eigenvalue weighted by molar-refractivity contribution is 0.0951. The molecule has 0 aromatic heterocycles. The number of hydrogen-bond donors (Lipinski definition) is 1. The van der Waals surface area contributed by atoms with E-state index in [1.165, 1.54) is 4.31 Å². The van der Waals surface area contributed by atoms with Crippen LogP contribution in [0.4, 0.5) is 0 Å². The molecule has 0 unspecified atom stereocenters. The molecule has 0 bridgehead atoms. The number of carbonyl (C=O) groups is 1. The monoisotopic (exact) mass is 344 g/mol. The summed E-state index contributed by atoms with van der Waals surface area (Å²) in [6.45, 7) is 1.55. The Bertz CT molecular complexity index is 796. The van der Waals surface area contributed by atoms with Crippen LogP contribution in [-0.4, -0.2) is 31.7 Å². The number of sulfonamides is 1. The number of benzene rings is 2. The zero-order valence-corrected chi connectivity index (χ0v) is 14.1. The van der Waals surface area contributed by atoms with Gasteiger partial charge in [-0.3, -0.25) is 4.79 Å². The first kappa shape index (κ1) is 16.7. The second kappa shape index (κ2) is 7.15. The molecule has 0 aliphatic carbocycles. The highest BCUT2D eigenvalue weighted by Gasteiger charge is 2.26. The van der Waals surface area contributed by atoms with E-state index in [1.54, 1.807) is 36.4 Å². The Balaban J connectivity index is 1.63. The summed E-state index contributed by atoms with van der Waals surface area (Å²) < 4.78 is 26.4. The van der Waals surface area contributed by atoms with Crippen molar-refractivity contribution in [3.05, 3.63) is 65.7 Å². The molecule has 0 spiro atoms. The highest BCUT2D eigenvalue weighted by molar-refractivity contribution is 7.89. The van der Waals surface area contributed by atoms with E-state index in [0.29, 0.717) is 30.1 Å². The second-order valence-corrected chi connectivity index (χ2v) is 7.74. The van der Waals surface area contributed by atoms with Crippen molar-refractivity contribution in [1.82, 2.24) is 9.62 Å². The zero-order valence-electron chi connectivity index (χ0n) is 13.3. The van der Waals surface area contributed by atoms with Gasteiger partial charge in [0.1, 0.15) is 0 Å². The first-order valence-corrected chi connectivity index (χ1v) is 9.44. The summed E-state index contributed by atoms with van der Waals surface area (Å²) in [5.41, 5.74) is 1.46. The normalized spacial score (nSPS) is 15.3. The molecule has 5 nitrogen and oxygen atoms in total. The Morgan fingerprint density at radius 2 is 1.58 bits per heavy atom. The van der Waals surface area contributed by atoms with Crippen molar-refractivity contribution in [2.75, 3.05) is 13.1 Å². The topological polar surface area (TPSA) is 66.5 Å². The van der Waals surface area contributed by atoms with Crippen molar-refractivity contribution in [2.24, 2.45) is 0 Å². The molecule has 1 saturated heterocycles. The van der Waals surface area contributed by atoms with E-state index in [-0.39, 0.29) is 5.91 Å². The molecule has 126 valence electrons. The van der Waals surface area contributed by atoms with Crippen LogP contribution in [0, 0.1) is 0 Å². The second-order valence-electron chi connectivity index (χ2n) is 5.80. The summed E-state index contributed by atoms with van der Waals surface area (Å²) in [5.74, 6) is -0.149. The van der Waals surface area contributed by atoms with Crippen LogP contribution in [0.3, 0.4) is 0 Å². The molecule has 1 N–H and O–H groups in total.